The van der Waals surface area contributed by atoms with Crippen LogP contribution in [-0.4, -0.2) is 44.3 Å². The fraction of sp³-hybridized carbons (Fsp3) is 0.500. The number of methoxy groups -OCH3 is 1. The Kier molecular flexibility index (Phi) is 3.12. The average molecular weight is 271 g/mol. The van der Waals surface area contributed by atoms with E-state index in [-0.39, 0.29) is 12.5 Å². The van der Waals surface area contributed by atoms with Crippen LogP contribution < -0.4 is 10.5 Å². The summed E-state index contributed by atoms with van der Waals surface area (Å²) in [6.45, 7) is -0.346. The molecule has 6 heteroatoms. The molecule has 0 saturated heterocycles. The van der Waals surface area contributed by atoms with Gasteiger partial charge in [0, 0.05) is 12.2 Å². The third-order valence-corrected chi connectivity index (χ3v) is 5.15. The van der Waals surface area contributed by atoms with Crippen molar-refractivity contribution in [3.8, 4) is 5.75 Å². The highest BCUT2D eigenvalue weighted by atomic mass is 32.2. The van der Waals surface area contributed by atoms with Gasteiger partial charge in [0.05, 0.1) is 24.5 Å². The molecule has 5 nitrogen and oxygen atoms in total. The molecule has 0 heterocycles. The molecule has 0 unspecified atom stereocenters. The van der Waals surface area contributed by atoms with Gasteiger partial charge >= 0.3 is 0 Å². The highest BCUT2D eigenvalue weighted by Crippen LogP contribution is 2.53. The van der Waals surface area contributed by atoms with Crippen LogP contribution in [0.25, 0.3) is 0 Å². The van der Waals surface area contributed by atoms with Gasteiger partial charge in [0.1, 0.15) is 5.75 Å². The molecule has 3 N–H and O–H groups in total. The van der Waals surface area contributed by atoms with Crippen LogP contribution in [0.5, 0.6) is 5.75 Å². The van der Waals surface area contributed by atoms with Gasteiger partial charge in [-0.15, -0.1) is 0 Å². The maximum Gasteiger partial charge on any atom is 0.152 e. The first-order valence-corrected chi connectivity index (χ1v) is 7.52. The van der Waals surface area contributed by atoms with E-state index in [1.54, 1.807) is 31.4 Å². The number of nitrogens with two attached hydrogens (primary N) is 1. The topological polar surface area (TPSA) is 89.6 Å². The smallest absolute Gasteiger partial charge is 0.152 e. The number of aliphatic hydroxyl groups excluding tert-OH is 1. The molecule has 1 aromatic rings. The van der Waals surface area contributed by atoms with Crippen LogP contribution in [0.3, 0.4) is 0 Å². The first kappa shape index (κ1) is 13.3. The number of benzene rings is 1. The van der Waals surface area contributed by atoms with Crippen molar-refractivity contribution in [2.75, 3.05) is 20.0 Å². The first-order chi connectivity index (χ1) is 8.34. The Morgan fingerprint density at radius 1 is 1.39 bits per heavy atom. The SMILES string of the molecule is COc1ccc([C@@H]2[C@H](S(C)(=O)=O)[C@]2(N)CO)cc1. The van der Waals surface area contributed by atoms with Gasteiger partial charge in [0.2, 0.25) is 0 Å². The summed E-state index contributed by atoms with van der Waals surface area (Å²) >= 11 is 0. The molecule has 0 amide bonds. The van der Waals surface area contributed by atoms with Crippen LogP contribution in [0, 0.1) is 0 Å². The Morgan fingerprint density at radius 2 is 1.94 bits per heavy atom. The minimum atomic E-state index is -3.28. The van der Waals surface area contributed by atoms with E-state index < -0.39 is 20.6 Å². The lowest BCUT2D eigenvalue weighted by molar-refractivity contribution is 0.253. The summed E-state index contributed by atoms with van der Waals surface area (Å²) in [7, 11) is -1.72. The number of hydrogen-bond donors (Lipinski definition) is 2. The largest absolute Gasteiger partial charge is 0.497 e. The zero-order valence-corrected chi connectivity index (χ0v) is 11.1. The van der Waals surface area contributed by atoms with Gasteiger partial charge in [-0.3, -0.25) is 0 Å². The molecule has 2 rings (SSSR count). The van der Waals surface area contributed by atoms with Gasteiger partial charge < -0.3 is 15.6 Å². The molecular weight excluding hydrogens is 254 g/mol. The third kappa shape index (κ3) is 2.00. The summed E-state index contributed by atoms with van der Waals surface area (Å²) in [5.41, 5.74) is 5.70. The van der Waals surface area contributed by atoms with Crippen molar-refractivity contribution in [3.63, 3.8) is 0 Å². The van der Waals surface area contributed by atoms with E-state index in [0.717, 1.165) is 11.8 Å². The van der Waals surface area contributed by atoms with E-state index in [0.29, 0.717) is 5.75 Å². The van der Waals surface area contributed by atoms with Crippen LogP contribution in [0.15, 0.2) is 24.3 Å². The molecule has 1 saturated carbocycles. The number of hydrogen-bond acceptors (Lipinski definition) is 5. The average Bonchev–Trinajstić information content (AvgIpc) is 2.97. The molecule has 1 aromatic carbocycles. The van der Waals surface area contributed by atoms with Gasteiger partial charge in [-0.25, -0.2) is 8.42 Å². The van der Waals surface area contributed by atoms with Crippen molar-refractivity contribution in [1.29, 1.82) is 0 Å². The van der Waals surface area contributed by atoms with E-state index in [4.69, 9.17) is 10.5 Å². The maximum absolute atomic E-state index is 11.7. The fourth-order valence-electron chi connectivity index (χ4n) is 2.55. The molecule has 1 aliphatic rings. The Labute approximate surface area is 106 Å². The monoisotopic (exact) mass is 271 g/mol. The molecule has 18 heavy (non-hydrogen) atoms. The molecule has 3 atom stereocenters. The van der Waals surface area contributed by atoms with Crippen molar-refractivity contribution in [2.45, 2.75) is 16.7 Å². The predicted octanol–water partition coefficient (Wildman–Crippen LogP) is -0.105. The normalized spacial score (nSPS) is 31.1. The minimum absolute atomic E-state index is 0.346. The van der Waals surface area contributed by atoms with E-state index in [2.05, 4.69) is 0 Å². The van der Waals surface area contributed by atoms with Crippen LogP contribution in [0.4, 0.5) is 0 Å². The van der Waals surface area contributed by atoms with Crippen LogP contribution in [-0.2, 0) is 9.84 Å². The lowest BCUT2D eigenvalue weighted by Gasteiger charge is -2.07. The quantitative estimate of drug-likeness (QED) is 0.798. The van der Waals surface area contributed by atoms with Crippen LogP contribution in [0.2, 0.25) is 0 Å². The highest BCUT2D eigenvalue weighted by Gasteiger charge is 2.67. The summed E-state index contributed by atoms with van der Waals surface area (Å²) in [4.78, 5) is 0. The molecule has 0 aliphatic heterocycles. The van der Waals surface area contributed by atoms with Gasteiger partial charge in [-0.1, -0.05) is 12.1 Å². The first-order valence-electron chi connectivity index (χ1n) is 5.57. The van der Waals surface area contributed by atoms with Gasteiger partial charge in [0.25, 0.3) is 0 Å². The van der Waals surface area contributed by atoms with E-state index in [1.807, 2.05) is 0 Å². The molecule has 1 aliphatic carbocycles. The predicted molar refractivity (Wildman–Crippen MR) is 68.4 cm³/mol. The molecule has 1 fully saturated rings. The number of sulfone groups is 1. The zero-order valence-electron chi connectivity index (χ0n) is 10.3. The maximum atomic E-state index is 11.7. The summed E-state index contributed by atoms with van der Waals surface area (Å²) in [5.74, 6) is 0.338. The molecular formula is C12H17NO4S. The number of ether oxygens (including phenoxy) is 1. The summed E-state index contributed by atoms with van der Waals surface area (Å²) < 4.78 is 28.4. The van der Waals surface area contributed by atoms with Crippen molar-refractivity contribution in [3.05, 3.63) is 29.8 Å². The Balaban J connectivity index is 2.33. The summed E-state index contributed by atoms with van der Waals surface area (Å²) in [6.07, 6.45) is 1.15. The number of aliphatic hydroxyl groups is 1. The van der Waals surface area contributed by atoms with Gasteiger partial charge in [0.15, 0.2) is 9.84 Å². The van der Waals surface area contributed by atoms with Crippen molar-refractivity contribution >= 4 is 9.84 Å². The number of rotatable bonds is 4. The molecule has 0 radical (unpaired) electrons. The van der Waals surface area contributed by atoms with Crippen molar-refractivity contribution in [1.82, 2.24) is 0 Å². The molecule has 0 spiro atoms. The highest BCUT2D eigenvalue weighted by molar-refractivity contribution is 7.91. The second kappa shape index (κ2) is 4.22. The summed E-state index contributed by atoms with van der Waals surface area (Å²) in [5, 5.41) is 8.60. The van der Waals surface area contributed by atoms with Gasteiger partial charge in [-0.2, -0.15) is 0 Å². The van der Waals surface area contributed by atoms with E-state index >= 15 is 0 Å². The Hall–Kier alpha value is -1.11. The minimum Gasteiger partial charge on any atom is -0.497 e. The summed E-state index contributed by atoms with van der Waals surface area (Å²) in [6, 6.07) is 7.08. The second-order valence-corrected chi connectivity index (χ2v) is 6.94. The fourth-order valence-corrected chi connectivity index (χ4v) is 4.40. The van der Waals surface area contributed by atoms with Gasteiger partial charge in [-0.05, 0) is 17.7 Å². The molecule has 0 aromatic heterocycles. The Morgan fingerprint density at radius 3 is 2.28 bits per heavy atom. The van der Waals surface area contributed by atoms with E-state index in [9.17, 15) is 13.5 Å². The Bertz CT molecular complexity index is 540. The third-order valence-electron chi connectivity index (χ3n) is 3.51. The lowest BCUT2D eigenvalue weighted by atomic mass is 10.1. The van der Waals surface area contributed by atoms with Crippen molar-refractivity contribution < 1.29 is 18.3 Å². The molecule has 0 bridgehead atoms. The molecule has 100 valence electrons. The zero-order chi connectivity index (χ0) is 13.6. The lowest BCUT2D eigenvalue weighted by Crippen LogP contribution is -2.34. The van der Waals surface area contributed by atoms with Crippen LogP contribution in [0.1, 0.15) is 11.5 Å². The van der Waals surface area contributed by atoms with Crippen LogP contribution >= 0.6 is 0 Å². The van der Waals surface area contributed by atoms with Crippen molar-refractivity contribution in [2.24, 2.45) is 5.73 Å². The standard InChI is InChI=1S/C12H17NO4S/c1-17-9-5-3-8(4-6-9)10-11(18(2,15)16)12(10,13)7-14/h3-6,10-11,14H,7,13H2,1-2H3/t10-,11+,12+/m1/s1. The van der Waals surface area contributed by atoms with E-state index in [1.165, 1.54) is 0 Å². The second-order valence-electron chi connectivity index (χ2n) is 4.77.